The zero-order valence-corrected chi connectivity index (χ0v) is 10.9. The van der Waals surface area contributed by atoms with Crippen LogP contribution in [0.4, 0.5) is 5.69 Å². The number of ether oxygens (including phenoxy) is 1. The minimum Gasteiger partial charge on any atom is -0.399 e. The predicted molar refractivity (Wildman–Crippen MR) is 76.6 cm³/mol. The summed E-state index contributed by atoms with van der Waals surface area (Å²) in [5.74, 6) is 0. The summed E-state index contributed by atoms with van der Waals surface area (Å²) >= 11 is 0. The molecule has 0 radical (unpaired) electrons. The number of rotatable bonds is 4. The van der Waals surface area contributed by atoms with Crippen LogP contribution in [-0.4, -0.2) is 13.7 Å². The van der Waals surface area contributed by atoms with Crippen molar-refractivity contribution in [1.29, 1.82) is 0 Å². The van der Waals surface area contributed by atoms with Crippen molar-refractivity contribution >= 4 is 5.69 Å². The quantitative estimate of drug-likeness (QED) is 0.832. The maximum absolute atomic E-state index is 5.83. The van der Waals surface area contributed by atoms with E-state index in [-0.39, 0.29) is 0 Å². The topological polar surface area (TPSA) is 35.2 Å². The van der Waals surface area contributed by atoms with E-state index in [4.69, 9.17) is 10.5 Å². The maximum Gasteiger partial charge on any atom is 0.0502 e. The standard InChI is InChI=1S/C16H19NO/c1-12-11-15(7-8-16(12)17)14-5-3-13(4-6-14)9-10-18-2/h3-8,11H,9-10,17H2,1-2H3. The van der Waals surface area contributed by atoms with E-state index in [0.717, 1.165) is 24.3 Å². The minimum atomic E-state index is 0.764. The Morgan fingerprint density at radius 2 is 1.67 bits per heavy atom. The smallest absolute Gasteiger partial charge is 0.0502 e. The summed E-state index contributed by atoms with van der Waals surface area (Å²) in [4.78, 5) is 0. The van der Waals surface area contributed by atoms with Gasteiger partial charge in [-0.05, 0) is 47.7 Å². The summed E-state index contributed by atoms with van der Waals surface area (Å²) in [5, 5.41) is 0. The van der Waals surface area contributed by atoms with Crippen LogP contribution in [0.25, 0.3) is 11.1 Å². The molecule has 0 heterocycles. The van der Waals surface area contributed by atoms with Gasteiger partial charge in [-0.1, -0.05) is 30.3 Å². The van der Waals surface area contributed by atoms with Gasteiger partial charge in [0.05, 0.1) is 6.61 Å². The van der Waals surface area contributed by atoms with Crippen LogP contribution in [0.3, 0.4) is 0 Å². The number of anilines is 1. The van der Waals surface area contributed by atoms with Gasteiger partial charge in [0.1, 0.15) is 0 Å². The Labute approximate surface area is 108 Å². The number of nitrogens with two attached hydrogens (primary N) is 1. The molecule has 0 aliphatic rings. The van der Waals surface area contributed by atoms with E-state index < -0.39 is 0 Å². The van der Waals surface area contributed by atoms with Crippen LogP contribution in [0, 0.1) is 6.92 Å². The summed E-state index contributed by atoms with van der Waals surface area (Å²) in [6.45, 7) is 2.80. The molecule has 0 aliphatic heterocycles. The van der Waals surface area contributed by atoms with Gasteiger partial charge in [0.15, 0.2) is 0 Å². The number of nitrogen functional groups attached to an aromatic ring is 1. The molecular formula is C16H19NO. The molecule has 2 nitrogen and oxygen atoms in total. The average molecular weight is 241 g/mol. The first kappa shape index (κ1) is 12.7. The second-order valence-corrected chi connectivity index (χ2v) is 4.51. The van der Waals surface area contributed by atoms with Crippen LogP contribution >= 0.6 is 0 Å². The van der Waals surface area contributed by atoms with Gasteiger partial charge in [-0.15, -0.1) is 0 Å². The Balaban J connectivity index is 2.20. The number of hydrogen-bond acceptors (Lipinski definition) is 2. The molecule has 0 atom stereocenters. The molecule has 18 heavy (non-hydrogen) atoms. The Morgan fingerprint density at radius 3 is 2.28 bits per heavy atom. The lowest BCUT2D eigenvalue weighted by molar-refractivity contribution is 0.202. The van der Waals surface area contributed by atoms with Gasteiger partial charge in [0, 0.05) is 12.8 Å². The van der Waals surface area contributed by atoms with Crippen LogP contribution < -0.4 is 5.73 Å². The highest BCUT2D eigenvalue weighted by Gasteiger charge is 2.00. The molecule has 0 bridgehead atoms. The molecule has 0 amide bonds. The molecule has 2 aromatic rings. The number of benzene rings is 2. The van der Waals surface area contributed by atoms with E-state index in [9.17, 15) is 0 Å². The van der Waals surface area contributed by atoms with E-state index in [1.807, 2.05) is 13.0 Å². The lowest BCUT2D eigenvalue weighted by Crippen LogP contribution is -1.94. The largest absolute Gasteiger partial charge is 0.399 e. The van der Waals surface area contributed by atoms with E-state index in [0.29, 0.717) is 0 Å². The molecule has 2 N–H and O–H groups in total. The van der Waals surface area contributed by atoms with Crippen molar-refractivity contribution in [2.24, 2.45) is 0 Å². The van der Waals surface area contributed by atoms with Crippen molar-refractivity contribution in [3.05, 3.63) is 53.6 Å². The minimum absolute atomic E-state index is 0.764. The van der Waals surface area contributed by atoms with Crippen molar-refractivity contribution in [3.8, 4) is 11.1 Å². The maximum atomic E-state index is 5.83. The molecule has 0 saturated carbocycles. The Morgan fingerprint density at radius 1 is 1.00 bits per heavy atom. The second-order valence-electron chi connectivity index (χ2n) is 4.51. The number of hydrogen-bond donors (Lipinski definition) is 1. The lowest BCUT2D eigenvalue weighted by atomic mass is 10.0. The van der Waals surface area contributed by atoms with Gasteiger partial charge in [-0.25, -0.2) is 0 Å². The summed E-state index contributed by atoms with van der Waals surface area (Å²) in [6, 6.07) is 14.8. The second kappa shape index (κ2) is 5.69. The van der Waals surface area contributed by atoms with Crippen LogP contribution in [0.15, 0.2) is 42.5 Å². The molecule has 0 aromatic heterocycles. The first-order chi connectivity index (χ1) is 8.70. The SMILES string of the molecule is COCCc1ccc(-c2ccc(N)c(C)c2)cc1. The molecule has 2 heteroatoms. The lowest BCUT2D eigenvalue weighted by Gasteiger charge is -2.07. The molecule has 2 aromatic carbocycles. The van der Waals surface area contributed by atoms with Crippen molar-refractivity contribution < 1.29 is 4.74 Å². The van der Waals surface area contributed by atoms with Crippen LogP contribution in [0.1, 0.15) is 11.1 Å². The zero-order valence-electron chi connectivity index (χ0n) is 10.9. The highest BCUT2D eigenvalue weighted by atomic mass is 16.5. The van der Waals surface area contributed by atoms with Gasteiger partial charge in [0.2, 0.25) is 0 Å². The van der Waals surface area contributed by atoms with Crippen molar-refractivity contribution in [3.63, 3.8) is 0 Å². The van der Waals surface area contributed by atoms with Crippen molar-refractivity contribution in [2.75, 3.05) is 19.5 Å². The van der Waals surface area contributed by atoms with E-state index in [2.05, 4.69) is 36.4 Å². The first-order valence-electron chi connectivity index (χ1n) is 6.15. The van der Waals surface area contributed by atoms with Gasteiger partial charge < -0.3 is 10.5 Å². The van der Waals surface area contributed by atoms with E-state index in [1.165, 1.54) is 16.7 Å². The Hall–Kier alpha value is -1.80. The first-order valence-corrected chi connectivity index (χ1v) is 6.15. The fourth-order valence-electron chi connectivity index (χ4n) is 1.94. The molecule has 0 saturated heterocycles. The summed E-state index contributed by atoms with van der Waals surface area (Å²) in [6.07, 6.45) is 0.956. The highest BCUT2D eigenvalue weighted by molar-refractivity contribution is 5.67. The molecule has 0 aliphatic carbocycles. The monoisotopic (exact) mass is 241 g/mol. The third-order valence-electron chi connectivity index (χ3n) is 3.15. The third-order valence-corrected chi connectivity index (χ3v) is 3.15. The molecule has 0 unspecified atom stereocenters. The van der Waals surface area contributed by atoms with Gasteiger partial charge in [-0.2, -0.15) is 0 Å². The molecular weight excluding hydrogens is 222 g/mol. The average Bonchev–Trinajstić information content (AvgIpc) is 2.40. The van der Waals surface area contributed by atoms with E-state index in [1.54, 1.807) is 7.11 Å². The van der Waals surface area contributed by atoms with Crippen LogP contribution in [-0.2, 0) is 11.2 Å². The molecule has 0 spiro atoms. The Kier molecular flexibility index (Phi) is 4.00. The number of aryl methyl sites for hydroxylation is 1. The fourth-order valence-corrected chi connectivity index (χ4v) is 1.94. The Bertz CT molecular complexity index is 517. The van der Waals surface area contributed by atoms with Gasteiger partial charge >= 0.3 is 0 Å². The molecule has 2 rings (SSSR count). The van der Waals surface area contributed by atoms with Crippen LogP contribution in [0.5, 0.6) is 0 Å². The fraction of sp³-hybridized carbons (Fsp3) is 0.250. The zero-order chi connectivity index (χ0) is 13.0. The summed E-state index contributed by atoms with van der Waals surface area (Å²) in [5.41, 5.74) is 11.5. The third kappa shape index (κ3) is 2.90. The normalized spacial score (nSPS) is 10.6. The molecule has 94 valence electrons. The van der Waals surface area contributed by atoms with Gasteiger partial charge in [0.25, 0.3) is 0 Å². The summed E-state index contributed by atoms with van der Waals surface area (Å²) in [7, 11) is 1.73. The number of methoxy groups -OCH3 is 1. The van der Waals surface area contributed by atoms with E-state index >= 15 is 0 Å². The van der Waals surface area contributed by atoms with Crippen LogP contribution in [0.2, 0.25) is 0 Å². The predicted octanol–water partition coefficient (Wildman–Crippen LogP) is 3.43. The van der Waals surface area contributed by atoms with Gasteiger partial charge in [-0.3, -0.25) is 0 Å². The highest BCUT2D eigenvalue weighted by Crippen LogP contribution is 2.23. The van der Waals surface area contributed by atoms with Crippen molar-refractivity contribution in [2.45, 2.75) is 13.3 Å². The van der Waals surface area contributed by atoms with Crippen molar-refractivity contribution in [1.82, 2.24) is 0 Å². The summed E-state index contributed by atoms with van der Waals surface area (Å²) < 4.78 is 5.08. The molecule has 0 fully saturated rings.